The summed E-state index contributed by atoms with van der Waals surface area (Å²) in [6.07, 6.45) is -0.356. The zero-order valence-corrected chi connectivity index (χ0v) is 20.2. The first-order chi connectivity index (χ1) is 16.4. The number of aromatic nitrogens is 4. The van der Waals surface area contributed by atoms with Crippen LogP contribution in [0.1, 0.15) is 12.6 Å². The molecule has 1 fully saturated rings. The highest BCUT2D eigenvalue weighted by Crippen LogP contribution is 2.67. The van der Waals surface area contributed by atoms with Gasteiger partial charge in [0.1, 0.15) is 17.9 Å². The van der Waals surface area contributed by atoms with E-state index < -0.39 is 48.3 Å². The van der Waals surface area contributed by atoms with Crippen molar-refractivity contribution in [2.75, 3.05) is 12.3 Å². The van der Waals surface area contributed by atoms with Gasteiger partial charge in [0.2, 0.25) is 0 Å². The molecule has 3 heterocycles. The lowest BCUT2D eigenvalue weighted by atomic mass is 10.2. The maximum Gasteiger partial charge on any atom is 0.488 e. The van der Waals surface area contributed by atoms with Gasteiger partial charge in [0.05, 0.1) is 24.3 Å². The molecule has 2 aromatic heterocycles. The van der Waals surface area contributed by atoms with Gasteiger partial charge in [0.15, 0.2) is 17.7 Å². The normalized spacial score (nSPS) is 24.3. The highest BCUT2D eigenvalue weighted by atomic mass is 31.3. The number of nitrogen functional groups attached to an aromatic ring is 1. The predicted molar refractivity (Wildman–Crippen MR) is 118 cm³/mol. The van der Waals surface area contributed by atoms with Gasteiger partial charge in [-0.2, -0.15) is 4.31 Å². The van der Waals surface area contributed by atoms with Crippen LogP contribution in [0.2, 0.25) is 0 Å². The van der Waals surface area contributed by atoms with Gasteiger partial charge in [-0.1, -0.05) is 18.2 Å². The maximum atomic E-state index is 13.4. The molecule has 16 nitrogen and oxygen atoms in total. The van der Waals surface area contributed by atoms with E-state index in [1.165, 1.54) is 41.5 Å². The van der Waals surface area contributed by atoms with Gasteiger partial charge in [-0.25, -0.2) is 28.4 Å². The highest BCUT2D eigenvalue weighted by molar-refractivity contribution is 7.72. The van der Waals surface area contributed by atoms with Crippen LogP contribution in [-0.4, -0.2) is 58.1 Å². The van der Waals surface area contributed by atoms with Crippen molar-refractivity contribution in [2.45, 2.75) is 24.9 Å². The summed E-state index contributed by atoms with van der Waals surface area (Å²) >= 11 is 0. The van der Waals surface area contributed by atoms with E-state index in [0.717, 1.165) is 0 Å². The molecule has 19 heteroatoms. The van der Waals surface area contributed by atoms with Crippen LogP contribution in [0, 0.1) is 0 Å². The summed E-state index contributed by atoms with van der Waals surface area (Å²) in [5.41, 5.74) is 6.37. The van der Waals surface area contributed by atoms with Crippen LogP contribution in [0.25, 0.3) is 11.2 Å². The highest BCUT2D eigenvalue weighted by Gasteiger charge is 2.44. The lowest BCUT2D eigenvalue weighted by Gasteiger charge is -2.22. The van der Waals surface area contributed by atoms with Gasteiger partial charge in [0, 0.05) is 6.42 Å². The van der Waals surface area contributed by atoms with Crippen LogP contribution in [0.4, 0.5) is 5.82 Å². The fourth-order valence-corrected chi connectivity index (χ4v) is 7.53. The first kappa shape index (κ1) is 26.0. The van der Waals surface area contributed by atoms with Gasteiger partial charge < -0.3 is 34.8 Å². The van der Waals surface area contributed by atoms with E-state index in [1.54, 1.807) is 6.07 Å². The van der Waals surface area contributed by atoms with Gasteiger partial charge >= 0.3 is 23.2 Å². The minimum atomic E-state index is -5.54. The quantitative estimate of drug-likeness (QED) is 0.231. The number of ether oxygens (including phenoxy) is 1. The van der Waals surface area contributed by atoms with Crippen molar-refractivity contribution in [3.8, 4) is 0 Å². The number of benzene rings is 1. The molecule has 5 atom stereocenters. The van der Waals surface area contributed by atoms with Crippen molar-refractivity contribution >= 4 is 45.5 Å². The van der Waals surface area contributed by atoms with Crippen molar-refractivity contribution in [1.29, 1.82) is 0 Å². The summed E-state index contributed by atoms with van der Waals surface area (Å²) in [5, 5.41) is 10.3. The lowest BCUT2D eigenvalue weighted by Crippen LogP contribution is -2.20. The second kappa shape index (κ2) is 9.77. The Morgan fingerprint density at radius 1 is 1.09 bits per heavy atom. The Morgan fingerprint density at radius 3 is 2.49 bits per heavy atom. The first-order valence-electron chi connectivity index (χ1n) is 9.75. The zero-order valence-electron chi connectivity index (χ0n) is 17.5. The molecular weight excluding hydrogens is 531 g/mol. The minimum absolute atomic E-state index is 0.00450. The number of aliphatic hydroxyl groups is 1. The van der Waals surface area contributed by atoms with Crippen molar-refractivity contribution in [3.63, 3.8) is 0 Å². The van der Waals surface area contributed by atoms with Crippen molar-refractivity contribution in [2.24, 2.45) is 0 Å². The van der Waals surface area contributed by atoms with E-state index in [1.807, 2.05) is 0 Å². The van der Waals surface area contributed by atoms with Crippen LogP contribution < -0.4 is 11.0 Å². The van der Waals surface area contributed by atoms with Crippen LogP contribution in [-0.2, 0) is 31.6 Å². The number of aliphatic hydroxyl groups excluding tert-OH is 1. The molecule has 0 amide bonds. The van der Waals surface area contributed by atoms with E-state index in [4.69, 9.17) is 24.8 Å². The second-order valence-corrected chi connectivity index (χ2v) is 12.3. The van der Waals surface area contributed by atoms with E-state index >= 15 is 0 Å². The summed E-state index contributed by atoms with van der Waals surface area (Å²) < 4.78 is 57.4. The third-order valence-corrected chi connectivity index (χ3v) is 9.53. The van der Waals surface area contributed by atoms with E-state index in [-0.39, 0.29) is 17.5 Å². The Balaban J connectivity index is 1.52. The lowest BCUT2D eigenvalue weighted by molar-refractivity contribution is -0.0463. The number of phosphoric acid groups is 2. The van der Waals surface area contributed by atoms with E-state index in [2.05, 4.69) is 23.6 Å². The summed E-state index contributed by atoms with van der Waals surface area (Å²) in [6, 6.07) is 6.94. The molecule has 0 saturated carbocycles. The third-order valence-electron chi connectivity index (χ3n) is 4.75. The molecular formula is C16H20N5O11P3. The molecule has 0 aliphatic carbocycles. The Morgan fingerprint density at radius 2 is 1.80 bits per heavy atom. The molecule has 4 rings (SSSR count). The molecule has 1 saturated heterocycles. The van der Waals surface area contributed by atoms with Crippen LogP contribution in [0.15, 0.2) is 43.0 Å². The average Bonchev–Trinajstić information content (AvgIpc) is 3.35. The molecule has 1 aliphatic rings. The van der Waals surface area contributed by atoms with E-state index in [9.17, 15) is 23.7 Å². The van der Waals surface area contributed by atoms with Crippen LogP contribution in [0.5, 0.6) is 0 Å². The van der Waals surface area contributed by atoms with Crippen molar-refractivity contribution in [1.82, 2.24) is 19.5 Å². The number of nitrogens with two attached hydrogens (primary N) is 1. The Bertz CT molecular complexity index is 1350. The molecule has 6 N–H and O–H groups in total. The first-order valence-corrected chi connectivity index (χ1v) is 14.3. The molecule has 1 aliphatic heterocycles. The number of nitrogens with zero attached hydrogens (tertiary/aromatic N) is 4. The Hall–Kier alpha value is -2.06. The van der Waals surface area contributed by atoms with Gasteiger partial charge in [-0.15, -0.1) is 0 Å². The van der Waals surface area contributed by atoms with Crippen molar-refractivity contribution < 1.29 is 51.4 Å². The minimum Gasteiger partial charge on any atom is -0.388 e. The SMILES string of the molecule is Nc1ncnc2c1ncn2C1OC(COP(=O)(OP(=O)(O)OP(=O)(O)O)c2ccccc2)CC1O. The largest absolute Gasteiger partial charge is 0.488 e. The number of anilines is 1. The molecule has 35 heavy (non-hydrogen) atoms. The van der Waals surface area contributed by atoms with Gasteiger partial charge in [-0.3, -0.25) is 9.13 Å². The zero-order chi connectivity index (χ0) is 25.4. The fraction of sp³-hybridized carbons (Fsp3) is 0.312. The molecule has 3 aromatic rings. The smallest absolute Gasteiger partial charge is 0.388 e. The standard InChI is InChI=1S/C16H20N5O11P3/c17-14-13-15(19-8-18-14)21(9-20-13)16-12(22)6-10(30-16)7-29-33(23,11-4-2-1-3-5-11)31-35(27,28)32-34(24,25)26/h1-5,8-10,12,16,22H,6-7H2,(H,27,28)(H2,17,18,19)(H2,24,25,26). The molecule has 0 radical (unpaired) electrons. The average molecular weight is 551 g/mol. The Labute approximate surface area is 197 Å². The second-order valence-electron chi connectivity index (χ2n) is 7.29. The maximum absolute atomic E-state index is 13.4. The number of hydrogen-bond acceptors (Lipinski definition) is 12. The molecule has 5 unspecified atom stereocenters. The van der Waals surface area contributed by atoms with Gasteiger partial charge in [-0.05, 0) is 12.1 Å². The summed E-state index contributed by atoms with van der Waals surface area (Å²) in [5.74, 6) is 0.132. The molecule has 0 bridgehead atoms. The number of imidazole rings is 1. The molecule has 1 aromatic carbocycles. The molecule has 0 spiro atoms. The summed E-state index contributed by atoms with van der Waals surface area (Å²) in [7, 11) is -15.7. The topological polar surface area (TPSA) is 239 Å². The summed E-state index contributed by atoms with van der Waals surface area (Å²) in [6.45, 7) is -0.501. The van der Waals surface area contributed by atoms with Gasteiger partial charge in [0.25, 0.3) is 0 Å². The third kappa shape index (κ3) is 6.02. The van der Waals surface area contributed by atoms with Crippen molar-refractivity contribution in [3.05, 3.63) is 43.0 Å². The number of fused-ring (bicyclic) bond motifs is 1. The number of hydrogen-bond donors (Lipinski definition) is 5. The Kier molecular flexibility index (Phi) is 7.26. The molecule has 190 valence electrons. The predicted octanol–water partition coefficient (Wildman–Crippen LogP) is 0.818. The monoisotopic (exact) mass is 551 g/mol. The van der Waals surface area contributed by atoms with Crippen LogP contribution >= 0.6 is 23.2 Å². The summed E-state index contributed by atoms with van der Waals surface area (Å²) in [4.78, 5) is 39.4. The fourth-order valence-electron chi connectivity index (χ4n) is 3.37. The number of rotatable bonds is 9. The van der Waals surface area contributed by atoms with E-state index in [0.29, 0.717) is 11.2 Å². The van der Waals surface area contributed by atoms with Crippen LogP contribution in [0.3, 0.4) is 0 Å².